The lowest BCUT2D eigenvalue weighted by Crippen LogP contribution is -2.60. The first kappa shape index (κ1) is 17.5. The van der Waals surface area contributed by atoms with Gasteiger partial charge in [0, 0.05) is 18.5 Å². The number of hydrogen-bond acceptors (Lipinski definition) is 3. The van der Waals surface area contributed by atoms with Gasteiger partial charge < -0.3 is 5.32 Å². The van der Waals surface area contributed by atoms with Crippen LogP contribution in [-0.4, -0.2) is 46.4 Å². The second kappa shape index (κ2) is 7.25. The average molecular weight is 343 g/mol. The predicted molar refractivity (Wildman–Crippen MR) is 93.3 cm³/mol. The van der Waals surface area contributed by atoms with Crippen molar-refractivity contribution in [3.05, 3.63) is 35.9 Å². The largest absolute Gasteiger partial charge is 0.340 e. The molecule has 134 valence electrons. The van der Waals surface area contributed by atoms with E-state index in [1.54, 1.807) is 34.3 Å². The lowest BCUT2D eigenvalue weighted by atomic mass is 9.96. The quantitative estimate of drug-likeness (QED) is 0.912. The summed E-state index contributed by atoms with van der Waals surface area (Å²) in [5, 5.41) is 6.08. The molecule has 2 aliphatic rings. The number of rotatable bonds is 3. The van der Waals surface area contributed by atoms with Crippen molar-refractivity contribution in [2.75, 3.05) is 6.54 Å². The summed E-state index contributed by atoms with van der Waals surface area (Å²) >= 11 is 0. The first-order valence-electron chi connectivity index (χ1n) is 9.02. The van der Waals surface area contributed by atoms with Crippen LogP contribution in [0.3, 0.4) is 0 Å². The number of carbonyl (C=O) groups excluding carboxylic acids is 3. The second-order valence-corrected chi connectivity index (χ2v) is 6.90. The third kappa shape index (κ3) is 3.38. The molecule has 1 N–H and O–H groups in total. The van der Waals surface area contributed by atoms with Crippen LogP contribution in [0.15, 0.2) is 30.3 Å². The number of nitrogens with zero attached hydrogens (tertiary/aromatic N) is 2. The van der Waals surface area contributed by atoms with E-state index >= 15 is 0 Å². The van der Waals surface area contributed by atoms with Crippen molar-refractivity contribution in [3.8, 4) is 0 Å². The summed E-state index contributed by atoms with van der Waals surface area (Å²) in [5.74, 6) is -0.725. The number of hydrazine groups is 1. The Labute approximate surface area is 148 Å². The molecule has 3 rings (SSSR count). The number of amides is 3. The fourth-order valence-corrected chi connectivity index (χ4v) is 3.73. The zero-order valence-electron chi connectivity index (χ0n) is 14.8. The molecule has 0 radical (unpaired) electrons. The smallest absolute Gasteiger partial charge is 0.264 e. The maximum absolute atomic E-state index is 13.2. The van der Waals surface area contributed by atoms with Crippen LogP contribution in [-0.2, 0) is 9.59 Å². The summed E-state index contributed by atoms with van der Waals surface area (Å²) in [7, 11) is 0. The summed E-state index contributed by atoms with van der Waals surface area (Å²) in [6, 6.07) is 8.18. The Balaban J connectivity index is 1.86. The molecule has 0 aliphatic carbocycles. The minimum atomic E-state index is -0.686. The molecule has 3 atom stereocenters. The van der Waals surface area contributed by atoms with Gasteiger partial charge in [-0.25, -0.2) is 5.01 Å². The molecule has 0 spiro atoms. The number of carbonyl (C=O) groups is 3. The third-order valence-electron chi connectivity index (χ3n) is 5.15. The number of fused-ring (bicyclic) bond motifs is 1. The lowest BCUT2D eigenvalue weighted by molar-refractivity contribution is -0.173. The fraction of sp³-hybridized carbons (Fsp3) is 0.526. The van der Waals surface area contributed by atoms with Crippen molar-refractivity contribution >= 4 is 17.7 Å². The van der Waals surface area contributed by atoms with E-state index in [1.807, 2.05) is 19.9 Å². The number of hydrogen-bond donors (Lipinski definition) is 1. The first-order chi connectivity index (χ1) is 12.0. The highest BCUT2D eigenvalue weighted by molar-refractivity contribution is 5.98. The molecule has 0 saturated carbocycles. The predicted octanol–water partition coefficient (Wildman–Crippen LogP) is 1.97. The highest BCUT2D eigenvalue weighted by atomic mass is 16.2. The van der Waals surface area contributed by atoms with Gasteiger partial charge in [0.15, 0.2) is 0 Å². The van der Waals surface area contributed by atoms with Gasteiger partial charge in [-0.15, -0.1) is 0 Å². The maximum atomic E-state index is 13.2. The van der Waals surface area contributed by atoms with Gasteiger partial charge in [-0.2, -0.15) is 0 Å². The van der Waals surface area contributed by atoms with E-state index in [1.165, 1.54) is 0 Å². The van der Waals surface area contributed by atoms with E-state index in [4.69, 9.17) is 0 Å². The van der Waals surface area contributed by atoms with Crippen LogP contribution >= 0.6 is 0 Å². The molecule has 3 unspecified atom stereocenters. The van der Waals surface area contributed by atoms with Gasteiger partial charge in [0.1, 0.15) is 6.04 Å². The third-order valence-corrected chi connectivity index (χ3v) is 5.15. The first-order valence-corrected chi connectivity index (χ1v) is 9.02. The van der Waals surface area contributed by atoms with Crippen molar-refractivity contribution in [1.82, 2.24) is 15.3 Å². The molecule has 0 bridgehead atoms. The Morgan fingerprint density at radius 1 is 1.24 bits per heavy atom. The Morgan fingerprint density at radius 3 is 2.64 bits per heavy atom. The van der Waals surface area contributed by atoms with E-state index in [0.29, 0.717) is 12.1 Å². The molecule has 3 amide bonds. The van der Waals surface area contributed by atoms with E-state index in [2.05, 4.69) is 5.32 Å². The Morgan fingerprint density at radius 2 is 1.96 bits per heavy atom. The van der Waals surface area contributed by atoms with Gasteiger partial charge in [0.05, 0.1) is 6.04 Å². The van der Waals surface area contributed by atoms with Crippen LogP contribution < -0.4 is 5.32 Å². The molecule has 6 heteroatoms. The standard InChI is InChI=1S/C19H25N3O3/c1-3-15-10-7-11-21-16(23)12-13(2)17(19(25)22(15)21)20-18(24)14-8-5-4-6-9-14/h4-6,8-9,13,15,17H,3,7,10-12H2,1-2H3,(H,20,24). The van der Waals surface area contributed by atoms with Crippen LogP contribution in [0.2, 0.25) is 0 Å². The summed E-state index contributed by atoms with van der Waals surface area (Å²) in [4.78, 5) is 38.3. The molecule has 2 aliphatic heterocycles. The van der Waals surface area contributed by atoms with Gasteiger partial charge in [-0.1, -0.05) is 32.0 Å². The SMILES string of the molecule is CCC1CCCN2C(=O)CC(C)C(NC(=O)c3ccccc3)C(=O)N12. The Hall–Kier alpha value is -2.37. The van der Waals surface area contributed by atoms with Crippen LogP contribution in [0.5, 0.6) is 0 Å². The molecular formula is C19H25N3O3. The normalized spacial score (nSPS) is 26.9. The summed E-state index contributed by atoms with van der Waals surface area (Å²) in [6.07, 6.45) is 2.85. The zero-order chi connectivity index (χ0) is 18.0. The molecule has 2 saturated heterocycles. The van der Waals surface area contributed by atoms with Crippen LogP contribution in [0.4, 0.5) is 0 Å². The highest BCUT2D eigenvalue weighted by Crippen LogP contribution is 2.28. The minimum Gasteiger partial charge on any atom is -0.340 e. The molecule has 25 heavy (non-hydrogen) atoms. The maximum Gasteiger partial charge on any atom is 0.264 e. The number of benzene rings is 1. The zero-order valence-corrected chi connectivity index (χ0v) is 14.8. The van der Waals surface area contributed by atoms with Crippen LogP contribution in [0.25, 0.3) is 0 Å². The van der Waals surface area contributed by atoms with E-state index < -0.39 is 6.04 Å². The molecule has 2 fully saturated rings. The summed E-state index contributed by atoms with van der Waals surface area (Å²) < 4.78 is 0. The van der Waals surface area contributed by atoms with Gasteiger partial charge in [0.25, 0.3) is 11.8 Å². The van der Waals surface area contributed by atoms with Crippen molar-refractivity contribution in [2.45, 2.75) is 51.6 Å². The fourth-order valence-electron chi connectivity index (χ4n) is 3.73. The van der Waals surface area contributed by atoms with Gasteiger partial charge >= 0.3 is 0 Å². The molecule has 6 nitrogen and oxygen atoms in total. The van der Waals surface area contributed by atoms with E-state index in [9.17, 15) is 14.4 Å². The van der Waals surface area contributed by atoms with Crippen molar-refractivity contribution in [2.24, 2.45) is 5.92 Å². The van der Waals surface area contributed by atoms with E-state index in [-0.39, 0.29) is 36.1 Å². The monoisotopic (exact) mass is 343 g/mol. The Bertz CT molecular complexity index is 661. The molecule has 1 aromatic rings. The molecular weight excluding hydrogens is 318 g/mol. The van der Waals surface area contributed by atoms with E-state index in [0.717, 1.165) is 19.3 Å². The van der Waals surface area contributed by atoms with Crippen molar-refractivity contribution in [3.63, 3.8) is 0 Å². The summed E-state index contributed by atoms with van der Waals surface area (Å²) in [6.45, 7) is 4.46. The lowest BCUT2D eigenvalue weighted by Gasteiger charge is -2.43. The number of nitrogens with one attached hydrogen (secondary N) is 1. The molecule has 2 heterocycles. The second-order valence-electron chi connectivity index (χ2n) is 6.90. The summed E-state index contributed by atoms with van der Waals surface area (Å²) in [5.41, 5.74) is 0.514. The highest BCUT2D eigenvalue weighted by Gasteiger charge is 2.44. The average Bonchev–Trinajstić information content (AvgIpc) is 2.72. The topological polar surface area (TPSA) is 69.7 Å². The van der Waals surface area contributed by atoms with Gasteiger partial charge in [-0.3, -0.25) is 19.4 Å². The molecule has 0 aromatic heterocycles. The van der Waals surface area contributed by atoms with Crippen LogP contribution in [0.1, 0.15) is 49.9 Å². The molecule has 1 aromatic carbocycles. The minimum absolute atomic E-state index is 0.0200. The van der Waals surface area contributed by atoms with Crippen molar-refractivity contribution < 1.29 is 14.4 Å². The van der Waals surface area contributed by atoms with Crippen molar-refractivity contribution in [1.29, 1.82) is 0 Å². The van der Waals surface area contributed by atoms with Gasteiger partial charge in [0.2, 0.25) is 5.91 Å². The Kier molecular flexibility index (Phi) is 5.06. The van der Waals surface area contributed by atoms with Crippen LogP contribution in [0, 0.1) is 5.92 Å². The van der Waals surface area contributed by atoms with Gasteiger partial charge in [-0.05, 0) is 37.3 Å².